The number of nitrogens with one attached hydrogen (secondary N) is 1. The molecule has 0 saturated heterocycles. The molecule has 0 unspecified atom stereocenters. The fraction of sp³-hybridized carbons (Fsp3) is 0.154. The van der Waals surface area contributed by atoms with Crippen LogP contribution in [0.5, 0.6) is 0 Å². The average molecular weight is 412 g/mol. The summed E-state index contributed by atoms with van der Waals surface area (Å²) < 4.78 is 4.81. The Kier molecular flexibility index (Phi) is 7.08. The van der Waals surface area contributed by atoms with Crippen molar-refractivity contribution < 1.29 is 14.3 Å². The zero-order valence-electron chi connectivity index (χ0n) is 17.8. The van der Waals surface area contributed by atoms with E-state index in [1.807, 2.05) is 67.4 Å². The third kappa shape index (κ3) is 5.52. The summed E-state index contributed by atoms with van der Waals surface area (Å²) in [6.45, 7) is 2.38. The summed E-state index contributed by atoms with van der Waals surface area (Å²) in [5, 5.41) is 2.94. The molecule has 31 heavy (non-hydrogen) atoms. The van der Waals surface area contributed by atoms with Gasteiger partial charge in [0, 0.05) is 18.3 Å². The number of hydrogen-bond donors (Lipinski definition) is 1. The summed E-state index contributed by atoms with van der Waals surface area (Å²) in [6.07, 6.45) is 0. The molecule has 0 aliphatic rings. The molecule has 0 atom stereocenters. The Bertz CT molecular complexity index is 1140. The topological polar surface area (TPSA) is 58.6 Å². The van der Waals surface area contributed by atoms with Crippen molar-refractivity contribution >= 4 is 23.3 Å². The predicted molar refractivity (Wildman–Crippen MR) is 124 cm³/mol. The van der Waals surface area contributed by atoms with E-state index in [9.17, 15) is 9.59 Å². The van der Waals surface area contributed by atoms with Crippen molar-refractivity contribution in [1.82, 2.24) is 0 Å². The van der Waals surface area contributed by atoms with Crippen LogP contribution in [0.4, 0.5) is 11.4 Å². The zero-order chi connectivity index (χ0) is 22.2. The lowest BCUT2D eigenvalue weighted by atomic mass is 10.1. The van der Waals surface area contributed by atoms with Crippen molar-refractivity contribution in [3.05, 3.63) is 95.1 Å². The molecule has 1 amide bonds. The van der Waals surface area contributed by atoms with Gasteiger partial charge in [0.1, 0.15) is 0 Å². The monoisotopic (exact) mass is 412 g/mol. The molecule has 0 aromatic heterocycles. The minimum Gasteiger partial charge on any atom is -0.465 e. The highest BCUT2D eigenvalue weighted by molar-refractivity contribution is 6.08. The largest absolute Gasteiger partial charge is 0.465 e. The molecule has 0 radical (unpaired) electrons. The maximum Gasteiger partial charge on any atom is 0.339 e. The van der Waals surface area contributed by atoms with Crippen LogP contribution in [0.1, 0.15) is 31.8 Å². The number of hydrogen-bond acceptors (Lipinski definition) is 4. The minimum absolute atomic E-state index is 0.185. The summed E-state index contributed by atoms with van der Waals surface area (Å²) >= 11 is 0. The van der Waals surface area contributed by atoms with Crippen LogP contribution in [0, 0.1) is 18.8 Å². The van der Waals surface area contributed by atoms with Gasteiger partial charge in [-0.25, -0.2) is 4.79 Å². The Morgan fingerprint density at radius 2 is 1.58 bits per heavy atom. The molecule has 0 aliphatic heterocycles. The van der Waals surface area contributed by atoms with Crippen molar-refractivity contribution in [2.24, 2.45) is 0 Å². The lowest BCUT2D eigenvalue weighted by Crippen LogP contribution is -2.22. The molecule has 3 aromatic rings. The van der Waals surface area contributed by atoms with Gasteiger partial charge in [-0.2, -0.15) is 0 Å². The van der Waals surface area contributed by atoms with Crippen molar-refractivity contribution in [1.29, 1.82) is 0 Å². The van der Waals surface area contributed by atoms with E-state index >= 15 is 0 Å². The molecular weight excluding hydrogens is 388 g/mol. The van der Waals surface area contributed by atoms with Gasteiger partial charge < -0.3 is 15.0 Å². The first kappa shape index (κ1) is 21.7. The highest BCUT2D eigenvalue weighted by atomic mass is 16.5. The number of aryl methyl sites for hydroxylation is 1. The van der Waals surface area contributed by atoms with E-state index in [-0.39, 0.29) is 5.91 Å². The highest BCUT2D eigenvalue weighted by Gasteiger charge is 2.14. The van der Waals surface area contributed by atoms with Crippen LogP contribution in [0.25, 0.3) is 0 Å². The summed E-state index contributed by atoms with van der Waals surface area (Å²) in [5.74, 6) is 5.50. The van der Waals surface area contributed by atoms with Crippen molar-refractivity contribution in [2.45, 2.75) is 6.92 Å². The second kappa shape index (κ2) is 10.1. The van der Waals surface area contributed by atoms with E-state index in [2.05, 4.69) is 17.2 Å². The van der Waals surface area contributed by atoms with Gasteiger partial charge >= 0.3 is 5.97 Å². The summed E-state index contributed by atoms with van der Waals surface area (Å²) in [6, 6.07) is 22.1. The number of para-hydroxylation sites is 1. The van der Waals surface area contributed by atoms with Crippen molar-refractivity contribution in [3.63, 3.8) is 0 Å². The number of nitrogens with zero attached hydrogens (tertiary/aromatic N) is 1. The van der Waals surface area contributed by atoms with Crippen LogP contribution >= 0.6 is 0 Å². The summed E-state index contributed by atoms with van der Waals surface area (Å²) in [5.41, 5.74) is 4.23. The van der Waals surface area contributed by atoms with E-state index in [0.29, 0.717) is 23.2 Å². The third-order valence-corrected chi connectivity index (χ3v) is 4.74. The fourth-order valence-electron chi connectivity index (χ4n) is 3.05. The minimum atomic E-state index is -0.420. The molecule has 5 nitrogen and oxygen atoms in total. The number of carbonyl (C=O) groups excluding carboxylic acids is 2. The van der Waals surface area contributed by atoms with E-state index in [0.717, 1.165) is 16.9 Å². The van der Waals surface area contributed by atoms with Crippen LogP contribution < -0.4 is 10.2 Å². The Morgan fingerprint density at radius 3 is 2.29 bits per heavy atom. The smallest absolute Gasteiger partial charge is 0.339 e. The highest BCUT2D eigenvalue weighted by Crippen LogP contribution is 2.21. The molecule has 0 spiro atoms. The Balaban J connectivity index is 1.76. The zero-order valence-corrected chi connectivity index (χ0v) is 17.8. The van der Waals surface area contributed by atoms with Gasteiger partial charge in [0.2, 0.25) is 0 Å². The SMILES string of the molecule is COC(=O)c1ccccc1C#CCN(C)c1ccccc1C(=O)Nc1ccc(C)cc1. The van der Waals surface area contributed by atoms with Crippen molar-refractivity contribution in [3.8, 4) is 11.8 Å². The first-order valence-electron chi connectivity index (χ1n) is 9.84. The maximum absolute atomic E-state index is 12.8. The van der Waals surface area contributed by atoms with Crippen LogP contribution in [0.2, 0.25) is 0 Å². The first-order chi connectivity index (χ1) is 15.0. The fourth-order valence-corrected chi connectivity index (χ4v) is 3.05. The van der Waals surface area contributed by atoms with Gasteiger partial charge in [0.05, 0.1) is 30.5 Å². The molecular formula is C26H24N2O3. The van der Waals surface area contributed by atoms with Gasteiger partial charge in [-0.15, -0.1) is 0 Å². The van der Waals surface area contributed by atoms with Crippen LogP contribution in [0.15, 0.2) is 72.8 Å². The second-order valence-corrected chi connectivity index (χ2v) is 7.03. The summed E-state index contributed by atoms with van der Waals surface area (Å²) in [4.78, 5) is 26.6. The van der Waals surface area contributed by atoms with Gasteiger partial charge in [-0.3, -0.25) is 4.79 Å². The van der Waals surface area contributed by atoms with E-state index in [1.54, 1.807) is 24.3 Å². The van der Waals surface area contributed by atoms with Crippen LogP contribution in [0.3, 0.4) is 0 Å². The molecule has 1 N–H and O–H groups in total. The summed E-state index contributed by atoms with van der Waals surface area (Å²) in [7, 11) is 3.22. The van der Waals surface area contributed by atoms with Gasteiger partial charge in [-0.1, -0.05) is 53.8 Å². The quantitative estimate of drug-likeness (QED) is 0.494. The van der Waals surface area contributed by atoms with E-state index < -0.39 is 5.97 Å². The van der Waals surface area contributed by atoms with E-state index in [4.69, 9.17) is 4.74 Å². The molecule has 3 rings (SSSR count). The first-order valence-corrected chi connectivity index (χ1v) is 9.84. The molecule has 0 saturated carbocycles. The number of amides is 1. The molecule has 5 heteroatoms. The number of ether oxygens (including phenoxy) is 1. The molecule has 0 aliphatic carbocycles. The molecule has 0 fully saturated rings. The molecule has 0 bridgehead atoms. The Labute approximate surface area is 182 Å². The van der Waals surface area contributed by atoms with Gasteiger partial charge in [0.15, 0.2) is 0 Å². The third-order valence-electron chi connectivity index (χ3n) is 4.74. The molecule has 3 aromatic carbocycles. The standard InChI is InChI=1S/C26H24N2O3/c1-19-14-16-21(17-15-19)27-25(29)23-12-6-7-13-24(23)28(2)18-8-10-20-9-4-5-11-22(20)26(30)31-3/h4-7,9,11-17H,18H2,1-3H3,(H,27,29). The maximum atomic E-state index is 12.8. The number of benzene rings is 3. The number of anilines is 2. The molecule has 0 heterocycles. The Hall–Kier alpha value is -4.04. The van der Waals surface area contributed by atoms with E-state index in [1.165, 1.54) is 7.11 Å². The lowest BCUT2D eigenvalue weighted by Gasteiger charge is -2.19. The molecule has 156 valence electrons. The number of carbonyl (C=O) groups is 2. The van der Waals surface area contributed by atoms with Crippen molar-refractivity contribution in [2.75, 3.05) is 30.9 Å². The van der Waals surface area contributed by atoms with Crippen LogP contribution in [-0.2, 0) is 4.74 Å². The van der Waals surface area contributed by atoms with Gasteiger partial charge in [-0.05, 0) is 43.3 Å². The number of methoxy groups -OCH3 is 1. The lowest BCUT2D eigenvalue weighted by molar-refractivity contribution is 0.0600. The number of esters is 1. The number of rotatable bonds is 5. The second-order valence-electron chi connectivity index (χ2n) is 7.03. The van der Waals surface area contributed by atoms with Gasteiger partial charge in [0.25, 0.3) is 5.91 Å². The predicted octanol–water partition coefficient (Wildman–Crippen LogP) is 4.52. The normalized spacial score (nSPS) is 9.90. The van der Waals surface area contributed by atoms with Crippen LogP contribution in [-0.4, -0.2) is 32.6 Å². The Morgan fingerprint density at radius 1 is 0.935 bits per heavy atom. The average Bonchev–Trinajstić information content (AvgIpc) is 2.80.